The molecule has 0 radical (unpaired) electrons. The molecule has 0 amide bonds. The van der Waals surface area contributed by atoms with Crippen molar-refractivity contribution in [2.24, 2.45) is 5.73 Å². The number of nitriles is 1. The average Bonchev–Trinajstić information content (AvgIpc) is 2.49. The fourth-order valence-electron chi connectivity index (χ4n) is 1.82. The summed E-state index contributed by atoms with van der Waals surface area (Å²) in [7, 11) is 1.54. The molecule has 0 saturated heterocycles. The van der Waals surface area contributed by atoms with Crippen molar-refractivity contribution < 1.29 is 9.47 Å². The normalized spacial score (nSPS) is 11.6. The molecule has 21 heavy (non-hydrogen) atoms. The van der Waals surface area contributed by atoms with Crippen LogP contribution in [0.4, 0.5) is 0 Å². The molecule has 2 aromatic carbocycles. The maximum Gasteiger partial charge on any atom is 0.169 e. The highest BCUT2D eigenvalue weighted by molar-refractivity contribution is 9.10. The minimum Gasteiger partial charge on any atom is -0.493 e. The quantitative estimate of drug-likeness (QED) is 0.902. The fraction of sp³-hybridized carbons (Fsp3) is 0.188. The van der Waals surface area contributed by atoms with Crippen LogP contribution in [0.25, 0.3) is 0 Å². The lowest BCUT2D eigenvalue weighted by atomic mass is 10.1. The Morgan fingerprint density at radius 2 is 1.86 bits per heavy atom. The predicted molar refractivity (Wildman–Crippen MR) is 84.5 cm³/mol. The fourth-order valence-corrected chi connectivity index (χ4v) is 2.30. The summed E-state index contributed by atoms with van der Waals surface area (Å²) in [5.41, 5.74) is 7.38. The van der Waals surface area contributed by atoms with E-state index in [-0.39, 0.29) is 6.04 Å². The van der Waals surface area contributed by atoms with Crippen LogP contribution in [0, 0.1) is 11.3 Å². The van der Waals surface area contributed by atoms with Crippen LogP contribution < -0.4 is 15.2 Å². The smallest absolute Gasteiger partial charge is 0.169 e. The second-order valence-corrected chi connectivity index (χ2v) is 5.41. The molecule has 0 aromatic heterocycles. The maximum absolute atomic E-state index is 8.90. The van der Waals surface area contributed by atoms with Gasteiger partial charge in [0.1, 0.15) is 5.75 Å². The zero-order valence-corrected chi connectivity index (χ0v) is 13.3. The van der Waals surface area contributed by atoms with Gasteiger partial charge in [-0.15, -0.1) is 0 Å². The van der Waals surface area contributed by atoms with Crippen LogP contribution in [0.5, 0.6) is 17.2 Å². The Labute approximate surface area is 132 Å². The number of ether oxygens (including phenoxy) is 2. The molecule has 2 aromatic rings. The van der Waals surface area contributed by atoms with Gasteiger partial charge in [0.15, 0.2) is 11.5 Å². The first-order chi connectivity index (χ1) is 10.0. The van der Waals surface area contributed by atoms with Crippen LogP contribution in [0.2, 0.25) is 0 Å². The number of benzene rings is 2. The maximum atomic E-state index is 8.90. The van der Waals surface area contributed by atoms with Crippen LogP contribution >= 0.6 is 15.9 Å². The molecule has 0 bridgehead atoms. The van der Waals surface area contributed by atoms with Gasteiger partial charge in [-0.1, -0.05) is 6.07 Å². The monoisotopic (exact) mass is 346 g/mol. The minimum atomic E-state index is -0.0419. The van der Waals surface area contributed by atoms with Crippen molar-refractivity contribution in [2.45, 2.75) is 13.0 Å². The summed E-state index contributed by atoms with van der Waals surface area (Å²) in [4.78, 5) is 0. The molecule has 2 N–H and O–H groups in total. The molecule has 108 valence electrons. The van der Waals surface area contributed by atoms with Gasteiger partial charge in [0.05, 0.1) is 23.2 Å². The zero-order chi connectivity index (χ0) is 15.4. The average molecular weight is 347 g/mol. The van der Waals surface area contributed by atoms with E-state index < -0.39 is 0 Å². The van der Waals surface area contributed by atoms with Crippen molar-refractivity contribution in [3.05, 3.63) is 52.0 Å². The Hall–Kier alpha value is -2.03. The summed E-state index contributed by atoms with van der Waals surface area (Å²) in [5, 5.41) is 8.90. The molecule has 1 atom stereocenters. The summed E-state index contributed by atoms with van der Waals surface area (Å²) >= 11 is 3.47. The first-order valence-electron chi connectivity index (χ1n) is 6.36. The standard InChI is InChI=1S/C16H15BrN2O2/c1-10(19)12-4-6-14(13(17)8-12)21-15-5-3-11(9-18)7-16(15)20-2/h3-8,10H,19H2,1-2H3/t10-/m1/s1. The van der Waals surface area contributed by atoms with Gasteiger partial charge in [0, 0.05) is 12.1 Å². The summed E-state index contributed by atoms with van der Waals surface area (Å²) in [5.74, 6) is 1.71. The molecule has 0 saturated carbocycles. The largest absolute Gasteiger partial charge is 0.493 e. The van der Waals surface area contributed by atoms with E-state index in [2.05, 4.69) is 22.0 Å². The zero-order valence-electron chi connectivity index (χ0n) is 11.8. The van der Waals surface area contributed by atoms with E-state index in [1.165, 1.54) is 7.11 Å². The van der Waals surface area contributed by atoms with E-state index in [1.807, 2.05) is 25.1 Å². The summed E-state index contributed by atoms with van der Waals surface area (Å²) in [6, 6.07) is 12.7. The Balaban J connectivity index is 2.32. The second kappa shape index (κ2) is 6.61. The van der Waals surface area contributed by atoms with Gasteiger partial charge >= 0.3 is 0 Å². The van der Waals surface area contributed by atoms with Crippen molar-refractivity contribution >= 4 is 15.9 Å². The Kier molecular flexibility index (Phi) is 4.84. The number of rotatable bonds is 4. The van der Waals surface area contributed by atoms with Crippen molar-refractivity contribution in [1.29, 1.82) is 5.26 Å². The van der Waals surface area contributed by atoms with E-state index in [9.17, 15) is 0 Å². The molecule has 0 aliphatic carbocycles. The molecule has 2 rings (SSSR count). The van der Waals surface area contributed by atoms with Gasteiger partial charge in [-0.3, -0.25) is 0 Å². The van der Waals surface area contributed by atoms with Crippen LogP contribution in [-0.4, -0.2) is 7.11 Å². The molecule has 0 spiro atoms. The minimum absolute atomic E-state index is 0.0419. The number of nitrogens with two attached hydrogens (primary N) is 1. The van der Waals surface area contributed by atoms with Crippen molar-refractivity contribution in [2.75, 3.05) is 7.11 Å². The molecule has 4 nitrogen and oxygen atoms in total. The van der Waals surface area contributed by atoms with Crippen LogP contribution in [0.15, 0.2) is 40.9 Å². The lowest BCUT2D eigenvalue weighted by Gasteiger charge is -2.13. The van der Waals surface area contributed by atoms with Crippen molar-refractivity contribution in [1.82, 2.24) is 0 Å². The van der Waals surface area contributed by atoms with Crippen LogP contribution in [-0.2, 0) is 0 Å². The van der Waals surface area contributed by atoms with Crippen LogP contribution in [0.3, 0.4) is 0 Å². The van der Waals surface area contributed by atoms with E-state index in [4.69, 9.17) is 20.5 Å². The first kappa shape index (κ1) is 15.4. The third-order valence-corrected chi connectivity index (χ3v) is 3.61. The lowest BCUT2D eigenvalue weighted by molar-refractivity contribution is 0.378. The summed E-state index contributed by atoms with van der Waals surface area (Å²) < 4.78 is 11.9. The summed E-state index contributed by atoms with van der Waals surface area (Å²) in [6.45, 7) is 1.92. The van der Waals surface area contributed by atoms with Gasteiger partial charge < -0.3 is 15.2 Å². The highest BCUT2D eigenvalue weighted by atomic mass is 79.9. The van der Waals surface area contributed by atoms with Gasteiger partial charge in [-0.2, -0.15) is 5.26 Å². The molecular formula is C16H15BrN2O2. The third-order valence-electron chi connectivity index (χ3n) is 2.99. The van der Waals surface area contributed by atoms with Gasteiger partial charge in [-0.05, 0) is 52.7 Å². The van der Waals surface area contributed by atoms with Crippen LogP contribution in [0.1, 0.15) is 24.1 Å². The molecular weight excluding hydrogens is 332 g/mol. The van der Waals surface area contributed by atoms with E-state index >= 15 is 0 Å². The lowest BCUT2D eigenvalue weighted by Crippen LogP contribution is -2.04. The SMILES string of the molecule is COc1cc(C#N)ccc1Oc1ccc([C@@H](C)N)cc1Br. The first-order valence-corrected chi connectivity index (χ1v) is 7.15. The molecule has 0 aliphatic rings. The second-order valence-electron chi connectivity index (χ2n) is 4.56. The van der Waals surface area contributed by atoms with Gasteiger partial charge in [0.2, 0.25) is 0 Å². The number of nitrogens with zero attached hydrogens (tertiary/aromatic N) is 1. The van der Waals surface area contributed by atoms with Crippen molar-refractivity contribution in [3.63, 3.8) is 0 Å². The van der Waals surface area contributed by atoms with Gasteiger partial charge in [-0.25, -0.2) is 0 Å². The number of methoxy groups -OCH3 is 1. The Morgan fingerprint density at radius 1 is 1.14 bits per heavy atom. The number of halogens is 1. The van der Waals surface area contributed by atoms with E-state index in [0.717, 1.165) is 10.0 Å². The topological polar surface area (TPSA) is 68.3 Å². The predicted octanol–water partition coefficient (Wildman–Crippen LogP) is 4.14. The number of hydrogen-bond acceptors (Lipinski definition) is 4. The number of hydrogen-bond donors (Lipinski definition) is 1. The molecule has 5 heteroatoms. The molecule has 0 fully saturated rings. The van der Waals surface area contributed by atoms with Crippen molar-refractivity contribution in [3.8, 4) is 23.3 Å². The Morgan fingerprint density at radius 3 is 2.43 bits per heavy atom. The Bertz CT molecular complexity index is 693. The summed E-state index contributed by atoms with van der Waals surface area (Å²) in [6.07, 6.45) is 0. The molecule has 0 aliphatic heterocycles. The van der Waals surface area contributed by atoms with Gasteiger partial charge in [0.25, 0.3) is 0 Å². The molecule has 0 unspecified atom stereocenters. The van der Waals surface area contributed by atoms with E-state index in [0.29, 0.717) is 22.8 Å². The molecule has 0 heterocycles. The third kappa shape index (κ3) is 3.54. The highest BCUT2D eigenvalue weighted by Gasteiger charge is 2.10. The van der Waals surface area contributed by atoms with E-state index in [1.54, 1.807) is 18.2 Å². The highest BCUT2D eigenvalue weighted by Crippen LogP contribution is 2.36.